The molecule has 0 aromatic heterocycles. The predicted octanol–water partition coefficient (Wildman–Crippen LogP) is 2.98. The lowest BCUT2D eigenvalue weighted by Crippen LogP contribution is -2.49. The second kappa shape index (κ2) is 6.62. The zero-order valence-corrected chi connectivity index (χ0v) is 13.2. The Morgan fingerprint density at radius 2 is 1.94 bits per heavy atom. The van der Waals surface area contributed by atoms with Crippen molar-refractivity contribution in [2.24, 2.45) is 5.41 Å². The van der Waals surface area contributed by atoms with Gasteiger partial charge in [-0.25, -0.2) is 0 Å². The average molecular weight is 270 g/mol. The number of rotatable bonds is 4. The van der Waals surface area contributed by atoms with E-state index in [0.717, 1.165) is 12.1 Å². The third-order valence-corrected chi connectivity index (χ3v) is 5.83. The van der Waals surface area contributed by atoms with Gasteiger partial charge in [-0.05, 0) is 56.5 Å². The Labute approximate surface area is 117 Å². The van der Waals surface area contributed by atoms with E-state index >= 15 is 0 Å². The van der Waals surface area contributed by atoms with Crippen LogP contribution in [-0.2, 0) is 0 Å². The minimum Gasteiger partial charge on any atom is -0.310 e. The number of hydrogen-bond acceptors (Lipinski definition) is 3. The van der Waals surface area contributed by atoms with Gasteiger partial charge in [-0.3, -0.25) is 0 Å². The second-order valence-electron chi connectivity index (χ2n) is 6.86. The van der Waals surface area contributed by atoms with E-state index in [-0.39, 0.29) is 0 Å². The van der Waals surface area contributed by atoms with Crippen molar-refractivity contribution in [3.63, 3.8) is 0 Å². The molecule has 18 heavy (non-hydrogen) atoms. The lowest BCUT2D eigenvalue weighted by molar-refractivity contribution is 0.184. The first-order chi connectivity index (χ1) is 8.59. The second-order valence-corrected chi connectivity index (χ2v) is 7.89. The largest absolute Gasteiger partial charge is 0.310 e. The first kappa shape index (κ1) is 14.7. The molecule has 0 radical (unpaired) electrons. The number of thioether (sulfide) groups is 1. The van der Waals surface area contributed by atoms with Crippen LogP contribution in [0.25, 0.3) is 0 Å². The molecule has 1 atom stereocenters. The van der Waals surface area contributed by atoms with Gasteiger partial charge in [0.1, 0.15) is 0 Å². The summed E-state index contributed by atoms with van der Waals surface area (Å²) in [7, 11) is 0. The van der Waals surface area contributed by atoms with Gasteiger partial charge >= 0.3 is 0 Å². The van der Waals surface area contributed by atoms with E-state index < -0.39 is 0 Å². The zero-order chi connectivity index (χ0) is 13.0. The molecule has 2 saturated heterocycles. The Bertz CT molecular complexity index is 247. The maximum absolute atomic E-state index is 3.93. The van der Waals surface area contributed by atoms with Crippen LogP contribution in [0, 0.1) is 5.41 Å². The monoisotopic (exact) mass is 270 g/mol. The van der Waals surface area contributed by atoms with Gasteiger partial charge in [-0.1, -0.05) is 20.8 Å². The highest BCUT2D eigenvalue weighted by Crippen LogP contribution is 2.33. The smallest absolute Gasteiger partial charge is 0.0166 e. The minimum atomic E-state index is 0.531. The molecule has 3 heteroatoms. The van der Waals surface area contributed by atoms with Crippen molar-refractivity contribution in [2.45, 2.75) is 58.5 Å². The van der Waals surface area contributed by atoms with Gasteiger partial charge in [0.2, 0.25) is 0 Å². The van der Waals surface area contributed by atoms with Crippen molar-refractivity contribution in [1.82, 2.24) is 10.2 Å². The summed E-state index contributed by atoms with van der Waals surface area (Å²) in [4.78, 5) is 2.62. The normalized spacial score (nSPS) is 30.5. The fourth-order valence-electron chi connectivity index (χ4n) is 3.34. The van der Waals surface area contributed by atoms with Gasteiger partial charge in [-0.15, -0.1) is 0 Å². The highest BCUT2D eigenvalue weighted by molar-refractivity contribution is 7.99. The molecule has 0 bridgehead atoms. The number of piperidine rings is 1. The topological polar surface area (TPSA) is 15.3 Å². The quantitative estimate of drug-likeness (QED) is 0.845. The van der Waals surface area contributed by atoms with Crippen LogP contribution in [0.5, 0.6) is 0 Å². The molecule has 2 nitrogen and oxygen atoms in total. The molecular weight excluding hydrogens is 240 g/mol. The van der Waals surface area contributed by atoms with Crippen molar-refractivity contribution in [2.75, 3.05) is 31.1 Å². The molecule has 0 aromatic carbocycles. The number of nitrogens with one attached hydrogen (secondary N) is 1. The van der Waals surface area contributed by atoms with Crippen LogP contribution >= 0.6 is 11.8 Å². The molecule has 0 amide bonds. The van der Waals surface area contributed by atoms with Crippen molar-refractivity contribution < 1.29 is 0 Å². The van der Waals surface area contributed by atoms with Gasteiger partial charge in [0.15, 0.2) is 0 Å². The maximum atomic E-state index is 3.93. The van der Waals surface area contributed by atoms with Crippen LogP contribution in [0.2, 0.25) is 0 Å². The first-order valence-electron chi connectivity index (χ1n) is 7.65. The molecule has 0 saturated carbocycles. The van der Waals surface area contributed by atoms with Crippen LogP contribution in [0.1, 0.15) is 46.5 Å². The lowest BCUT2D eigenvalue weighted by atomic mass is 9.87. The summed E-state index contributed by atoms with van der Waals surface area (Å²) in [6.07, 6.45) is 5.35. The van der Waals surface area contributed by atoms with Crippen LogP contribution < -0.4 is 5.32 Å². The zero-order valence-electron chi connectivity index (χ0n) is 12.4. The Morgan fingerprint density at radius 3 is 2.56 bits per heavy atom. The molecule has 1 unspecified atom stereocenters. The summed E-state index contributed by atoms with van der Waals surface area (Å²) in [5.74, 6) is 2.65. The Hall–Kier alpha value is 0.270. The molecule has 1 N–H and O–H groups in total. The van der Waals surface area contributed by atoms with Crippen LogP contribution in [-0.4, -0.2) is 48.1 Å². The molecule has 0 spiro atoms. The minimum absolute atomic E-state index is 0.531. The summed E-state index contributed by atoms with van der Waals surface area (Å²) in [5, 5.41) is 3.93. The fraction of sp³-hybridized carbons (Fsp3) is 1.00. The lowest BCUT2D eigenvalue weighted by Gasteiger charge is -2.39. The summed E-state index contributed by atoms with van der Waals surface area (Å²) >= 11 is 2.13. The maximum Gasteiger partial charge on any atom is 0.0166 e. The highest BCUT2D eigenvalue weighted by atomic mass is 32.2. The highest BCUT2D eigenvalue weighted by Gasteiger charge is 2.30. The fourth-order valence-corrected chi connectivity index (χ4v) is 4.63. The van der Waals surface area contributed by atoms with E-state index in [1.807, 2.05) is 0 Å². The van der Waals surface area contributed by atoms with Crippen molar-refractivity contribution >= 4 is 11.8 Å². The standard InChI is InChI=1S/C15H30N2S/c1-4-7-17-8-5-13(6-9-17)16-14-10-15(2,3)12-18-11-14/h13-14,16H,4-12H2,1-3H3. The van der Waals surface area contributed by atoms with E-state index in [2.05, 4.69) is 42.7 Å². The number of nitrogens with zero attached hydrogens (tertiary/aromatic N) is 1. The summed E-state index contributed by atoms with van der Waals surface area (Å²) in [6.45, 7) is 11.0. The Morgan fingerprint density at radius 1 is 1.22 bits per heavy atom. The average Bonchev–Trinajstić information content (AvgIpc) is 2.31. The molecule has 2 aliphatic rings. The summed E-state index contributed by atoms with van der Waals surface area (Å²) < 4.78 is 0. The Kier molecular flexibility index (Phi) is 5.40. The Balaban J connectivity index is 1.71. The van der Waals surface area contributed by atoms with Gasteiger partial charge in [-0.2, -0.15) is 11.8 Å². The van der Waals surface area contributed by atoms with Gasteiger partial charge in [0, 0.05) is 17.8 Å². The van der Waals surface area contributed by atoms with E-state index in [9.17, 15) is 0 Å². The van der Waals surface area contributed by atoms with Crippen molar-refractivity contribution in [1.29, 1.82) is 0 Å². The molecule has 2 rings (SSSR count). The van der Waals surface area contributed by atoms with E-state index in [0.29, 0.717) is 5.41 Å². The number of hydrogen-bond donors (Lipinski definition) is 1. The molecule has 0 aromatic rings. The molecular formula is C15H30N2S. The molecule has 2 aliphatic heterocycles. The van der Waals surface area contributed by atoms with Gasteiger partial charge < -0.3 is 10.2 Å². The summed E-state index contributed by atoms with van der Waals surface area (Å²) in [6, 6.07) is 1.53. The molecule has 106 valence electrons. The van der Waals surface area contributed by atoms with Gasteiger partial charge in [0.05, 0.1) is 0 Å². The number of likely N-dealkylation sites (tertiary alicyclic amines) is 1. The predicted molar refractivity (Wildman–Crippen MR) is 82.4 cm³/mol. The van der Waals surface area contributed by atoms with Gasteiger partial charge in [0.25, 0.3) is 0 Å². The van der Waals surface area contributed by atoms with E-state index in [4.69, 9.17) is 0 Å². The third-order valence-electron chi connectivity index (χ3n) is 4.21. The van der Waals surface area contributed by atoms with E-state index in [1.165, 1.54) is 56.8 Å². The summed E-state index contributed by atoms with van der Waals surface area (Å²) in [5.41, 5.74) is 0.531. The van der Waals surface area contributed by atoms with Crippen LogP contribution in [0.3, 0.4) is 0 Å². The van der Waals surface area contributed by atoms with Crippen LogP contribution in [0.15, 0.2) is 0 Å². The SMILES string of the molecule is CCCN1CCC(NC2CSCC(C)(C)C2)CC1. The first-order valence-corrected chi connectivity index (χ1v) is 8.81. The molecule has 2 fully saturated rings. The van der Waals surface area contributed by atoms with Crippen LogP contribution in [0.4, 0.5) is 0 Å². The molecule has 2 heterocycles. The van der Waals surface area contributed by atoms with E-state index in [1.54, 1.807) is 0 Å². The van der Waals surface area contributed by atoms with Crippen molar-refractivity contribution in [3.05, 3.63) is 0 Å². The van der Waals surface area contributed by atoms with Crippen molar-refractivity contribution in [3.8, 4) is 0 Å². The third kappa shape index (κ3) is 4.43. The molecule has 0 aliphatic carbocycles.